The number of nitriles is 1. The van der Waals surface area contributed by atoms with E-state index in [-0.39, 0.29) is 22.3 Å². The van der Waals surface area contributed by atoms with Gasteiger partial charge in [-0.3, -0.25) is 4.79 Å². The van der Waals surface area contributed by atoms with Crippen LogP contribution in [0.2, 0.25) is 0 Å². The molecular formula is C32H19F12NO6. The molecule has 4 rings (SSSR count). The number of hydrogen-bond acceptors (Lipinski definition) is 6. The molecule has 7 nitrogen and oxygen atoms in total. The molecule has 0 aliphatic carbocycles. The molecule has 0 aliphatic heterocycles. The Labute approximate surface area is 278 Å². The van der Waals surface area contributed by atoms with E-state index < -0.39 is 66.3 Å². The first kappa shape index (κ1) is 39.6. The van der Waals surface area contributed by atoms with Crippen molar-refractivity contribution in [1.29, 1.82) is 5.26 Å². The Kier molecular flexibility index (Phi) is 12.3. The van der Waals surface area contributed by atoms with Gasteiger partial charge in [0.05, 0.1) is 12.0 Å². The minimum absolute atomic E-state index is 0.108. The molecule has 0 unspecified atom stereocenters. The molecule has 0 radical (unpaired) electrons. The van der Waals surface area contributed by atoms with Crippen molar-refractivity contribution in [3.8, 4) is 29.1 Å². The second-order valence-corrected chi connectivity index (χ2v) is 9.81. The van der Waals surface area contributed by atoms with Crippen LogP contribution in [0.25, 0.3) is 0 Å². The van der Waals surface area contributed by atoms with E-state index in [9.17, 15) is 67.8 Å². The average molecular weight is 741 g/mol. The van der Waals surface area contributed by atoms with Crippen molar-refractivity contribution in [1.82, 2.24) is 0 Å². The van der Waals surface area contributed by atoms with Gasteiger partial charge in [-0.05, 0) is 70.8 Å². The van der Waals surface area contributed by atoms with Gasteiger partial charge in [-0.15, -0.1) is 52.7 Å². The highest BCUT2D eigenvalue weighted by molar-refractivity contribution is 5.80. The van der Waals surface area contributed by atoms with Gasteiger partial charge in [-0.25, -0.2) is 0 Å². The quantitative estimate of drug-likeness (QED) is 0.171. The normalized spacial score (nSPS) is 12.0. The predicted octanol–water partition coefficient (Wildman–Crippen LogP) is 9.84. The number of hydrogen-bond donors (Lipinski definition) is 1. The highest BCUT2D eigenvalue weighted by atomic mass is 19.4. The summed E-state index contributed by atoms with van der Waals surface area (Å²) in [5, 5.41) is 18.7. The van der Waals surface area contributed by atoms with Crippen LogP contribution in [-0.4, -0.2) is 36.5 Å². The first-order valence-electron chi connectivity index (χ1n) is 13.6. The molecule has 0 aliphatic rings. The lowest BCUT2D eigenvalue weighted by Crippen LogP contribution is -2.19. The molecule has 19 heteroatoms. The maximum absolute atomic E-state index is 12.3. The predicted molar refractivity (Wildman–Crippen MR) is 149 cm³/mol. The number of nitrogens with zero attached hydrogens (tertiary/aromatic N) is 1. The molecule has 0 bridgehead atoms. The molecule has 0 amide bonds. The molecule has 0 saturated carbocycles. The van der Waals surface area contributed by atoms with Gasteiger partial charge in [0.15, 0.2) is 0 Å². The van der Waals surface area contributed by atoms with E-state index in [1.54, 1.807) is 0 Å². The minimum Gasteiger partial charge on any atom is -0.481 e. The Balaban J connectivity index is 0.000000276. The van der Waals surface area contributed by atoms with Gasteiger partial charge in [0.2, 0.25) is 0 Å². The van der Waals surface area contributed by atoms with Gasteiger partial charge >= 0.3 is 31.4 Å². The number of ether oxygens (including phenoxy) is 4. The summed E-state index contributed by atoms with van der Waals surface area (Å²) in [7, 11) is 0. The fraction of sp³-hybridized carbons (Fsp3) is 0.188. The van der Waals surface area contributed by atoms with Crippen LogP contribution in [0, 0.1) is 11.3 Å². The van der Waals surface area contributed by atoms with E-state index in [1.165, 1.54) is 36.4 Å². The fourth-order valence-corrected chi connectivity index (χ4v) is 4.38. The number of benzene rings is 4. The van der Waals surface area contributed by atoms with Gasteiger partial charge in [0, 0.05) is 0 Å². The lowest BCUT2D eigenvalue weighted by Gasteiger charge is -2.17. The van der Waals surface area contributed by atoms with Crippen LogP contribution in [0.1, 0.15) is 34.1 Å². The number of rotatable bonds is 9. The van der Waals surface area contributed by atoms with E-state index in [2.05, 4.69) is 18.9 Å². The summed E-state index contributed by atoms with van der Waals surface area (Å²) in [5.41, 5.74) is 0.0497. The summed E-state index contributed by atoms with van der Waals surface area (Å²) in [6.07, 6.45) is -19.8. The first-order valence-corrected chi connectivity index (χ1v) is 13.6. The summed E-state index contributed by atoms with van der Waals surface area (Å²) in [6, 6.07) is 19.5. The second-order valence-electron chi connectivity index (χ2n) is 9.81. The van der Waals surface area contributed by atoms with Crippen LogP contribution in [0.4, 0.5) is 52.7 Å². The maximum Gasteiger partial charge on any atom is 0.573 e. The number of carboxylic acids is 1. The smallest absolute Gasteiger partial charge is 0.481 e. The molecule has 0 spiro atoms. The molecule has 51 heavy (non-hydrogen) atoms. The topological polar surface area (TPSA) is 98.0 Å². The van der Waals surface area contributed by atoms with Crippen LogP contribution >= 0.6 is 0 Å². The van der Waals surface area contributed by atoms with Crippen molar-refractivity contribution in [3.63, 3.8) is 0 Å². The molecule has 4 aromatic rings. The van der Waals surface area contributed by atoms with Crippen LogP contribution in [-0.2, 0) is 4.79 Å². The zero-order chi connectivity index (χ0) is 38.2. The first-order chi connectivity index (χ1) is 23.5. The molecule has 0 aromatic heterocycles. The van der Waals surface area contributed by atoms with Gasteiger partial charge < -0.3 is 24.1 Å². The number of carbonyl (C=O) groups is 1. The monoisotopic (exact) mass is 741 g/mol. The summed E-state index contributed by atoms with van der Waals surface area (Å²) in [6.45, 7) is 0. The average Bonchev–Trinajstić information content (AvgIpc) is 2.95. The van der Waals surface area contributed by atoms with Crippen LogP contribution in [0.3, 0.4) is 0 Å². The lowest BCUT2D eigenvalue weighted by atomic mass is 9.91. The van der Waals surface area contributed by atoms with Gasteiger partial charge in [-0.1, -0.05) is 48.5 Å². The van der Waals surface area contributed by atoms with E-state index >= 15 is 0 Å². The standard InChI is InChI=1S/C16H9F6NO2.C16H10F6O4/c17-15(18,19)24-12-5-1-3-10(7-12)14(9-23)11-4-2-6-13(8-11)25-16(20,21)22;17-15(18,19)25-11-5-1-3-9(7-11)13(14(23)24)10-4-2-6-12(8-10)26-16(20,21)22/h1-8,14H;1-8,13H,(H,23,24). The summed E-state index contributed by atoms with van der Waals surface area (Å²) < 4.78 is 163. The Morgan fingerprint density at radius 3 is 1.00 bits per heavy atom. The van der Waals surface area contributed by atoms with Gasteiger partial charge in [0.25, 0.3) is 0 Å². The van der Waals surface area contributed by atoms with Crippen molar-refractivity contribution < 1.29 is 81.5 Å². The summed E-state index contributed by atoms with van der Waals surface area (Å²) in [5.74, 6) is -6.47. The van der Waals surface area contributed by atoms with Crippen molar-refractivity contribution >= 4 is 5.97 Å². The van der Waals surface area contributed by atoms with Crippen molar-refractivity contribution in [2.45, 2.75) is 37.3 Å². The number of alkyl halides is 12. The highest BCUT2D eigenvalue weighted by Crippen LogP contribution is 2.34. The molecule has 0 heterocycles. The number of aliphatic carboxylic acids is 1. The Hall–Kier alpha value is -5.80. The van der Waals surface area contributed by atoms with Crippen LogP contribution in [0.5, 0.6) is 23.0 Å². The Bertz CT molecular complexity index is 1710. The molecule has 0 fully saturated rings. The molecule has 0 saturated heterocycles. The lowest BCUT2D eigenvalue weighted by molar-refractivity contribution is -0.275. The van der Waals surface area contributed by atoms with Crippen molar-refractivity contribution in [2.75, 3.05) is 0 Å². The van der Waals surface area contributed by atoms with E-state index in [4.69, 9.17) is 0 Å². The maximum atomic E-state index is 12.3. The number of halogens is 12. The van der Waals surface area contributed by atoms with Gasteiger partial charge in [-0.2, -0.15) is 5.26 Å². The molecular weight excluding hydrogens is 722 g/mol. The third-order valence-corrected chi connectivity index (χ3v) is 6.08. The van der Waals surface area contributed by atoms with E-state index in [0.717, 1.165) is 60.7 Å². The third kappa shape index (κ3) is 13.6. The van der Waals surface area contributed by atoms with E-state index in [0.29, 0.717) is 0 Å². The molecule has 272 valence electrons. The minimum atomic E-state index is -4.97. The molecule has 0 atom stereocenters. The highest BCUT2D eigenvalue weighted by Gasteiger charge is 2.34. The van der Waals surface area contributed by atoms with Crippen LogP contribution in [0.15, 0.2) is 97.1 Å². The summed E-state index contributed by atoms with van der Waals surface area (Å²) in [4.78, 5) is 11.6. The van der Waals surface area contributed by atoms with E-state index in [1.807, 2.05) is 6.07 Å². The van der Waals surface area contributed by atoms with Gasteiger partial charge in [0.1, 0.15) is 28.9 Å². The zero-order valence-electron chi connectivity index (χ0n) is 24.9. The Morgan fingerprint density at radius 2 is 0.765 bits per heavy atom. The SMILES string of the molecule is N#CC(c1cccc(OC(F)(F)F)c1)c1cccc(OC(F)(F)F)c1.O=C(O)C(c1cccc(OC(F)(F)F)c1)c1cccc(OC(F)(F)F)c1. The third-order valence-electron chi connectivity index (χ3n) is 6.08. The van der Waals surface area contributed by atoms with Crippen molar-refractivity contribution in [3.05, 3.63) is 119 Å². The number of carboxylic acid groups (broad SMARTS) is 1. The molecule has 1 N–H and O–H groups in total. The van der Waals surface area contributed by atoms with Crippen molar-refractivity contribution in [2.24, 2.45) is 0 Å². The molecule has 4 aromatic carbocycles. The Morgan fingerprint density at radius 1 is 0.510 bits per heavy atom. The summed E-state index contributed by atoms with van der Waals surface area (Å²) >= 11 is 0. The fourth-order valence-electron chi connectivity index (χ4n) is 4.38. The zero-order valence-corrected chi connectivity index (χ0v) is 24.9. The van der Waals surface area contributed by atoms with Crippen LogP contribution < -0.4 is 18.9 Å². The second kappa shape index (κ2) is 15.8. The largest absolute Gasteiger partial charge is 0.573 e.